The average Bonchev–Trinajstić information content (AvgIpc) is 2.88. The van der Waals surface area contributed by atoms with Gasteiger partial charge in [0.05, 0.1) is 37.3 Å². The van der Waals surface area contributed by atoms with Gasteiger partial charge in [0.2, 0.25) is 0 Å². The van der Waals surface area contributed by atoms with Gasteiger partial charge in [0.1, 0.15) is 12.4 Å². The van der Waals surface area contributed by atoms with Gasteiger partial charge in [0.25, 0.3) is 5.91 Å². The van der Waals surface area contributed by atoms with Gasteiger partial charge in [-0.1, -0.05) is 36.4 Å². The zero-order valence-corrected chi connectivity index (χ0v) is 18.5. The lowest BCUT2D eigenvalue weighted by atomic mass is 10.1. The van der Waals surface area contributed by atoms with E-state index in [1.54, 1.807) is 30.3 Å². The van der Waals surface area contributed by atoms with Crippen molar-refractivity contribution in [2.24, 2.45) is 0 Å². The third-order valence-electron chi connectivity index (χ3n) is 5.36. The molecule has 0 aromatic heterocycles. The van der Waals surface area contributed by atoms with E-state index < -0.39 is 5.97 Å². The van der Waals surface area contributed by atoms with Crippen LogP contribution in [-0.4, -0.2) is 45.3 Å². The van der Waals surface area contributed by atoms with Crippen LogP contribution in [0.2, 0.25) is 0 Å². The molecular formula is C26H26N2O5. The Morgan fingerprint density at radius 3 is 2.48 bits per heavy atom. The molecule has 1 aliphatic rings. The number of nitrogens with one attached hydrogen (secondary N) is 1. The summed E-state index contributed by atoms with van der Waals surface area (Å²) in [6.07, 6.45) is 0. The maximum Gasteiger partial charge on any atom is 0.337 e. The topological polar surface area (TPSA) is 77.1 Å². The number of benzene rings is 3. The maximum absolute atomic E-state index is 13.1. The molecule has 3 aromatic rings. The van der Waals surface area contributed by atoms with Crippen molar-refractivity contribution in [1.29, 1.82) is 0 Å². The van der Waals surface area contributed by atoms with Crippen molar-refractivity contribution in [2.75, 3.05) is 43.6 Å². The van der Waals surface area contributed by atoms with Gasteiger partial charge in [-0.3, -0.25) is 4.79 Å². The van der Waals surface area contributed by atoms with Gasteiger partial charge in [-0.05, 0) is 42.0 Å². The maximum atomic E-state index is 13.1. The Hall–Kier alpha value is -3.84. The van der Waals surface area contributed by atoms with E-state index in [2.05, 4.69) is 10.2 Å². The number of hydrogen-bond donors (Lipinski definition) is 1. The molecule has 1 aliphatic heterocycles. The Kier molecular flexibility index (Phi) is 7.22. The summed E-state index contributed by atoms with van der Waals surface area (Å²) >= 11 is 0. The average molecular weight is 447 g/mol. The highest BCUT2D eigenvalue weighted by molar-refractivity contribution is 6.07. The minimum absolute atomic E-state index is 0.295. The van der Waals surface area contributed by atoms with Crippen LogP contribution in [0.1, 0.15) is 26.3 Å². The Morgan fingerprint density at radius 1 is 0.939 bits per heavy atom. The Labute approximate surface area is 192 Å². The van der Waals surface area contributed by atoms with Crippen LogP contribution in [0.5, 0.6) is 5.75 Å². The van der Waals surface area contributed by atoms with Crippen molar-refractivity contribution in [3.63, 3.8) is 0 Å². The van der Waals surface area contributed by atoms with Crippen molar-refractivity contribution in [3.8, 4) is 5.75 Å². The highest BCUT2D eigenvalue weighted by Crippen LogP contribution is 2.29. The van der Waals surface area contributed by atoms with E-state index >= 15 is 0 Å². The van der Waals surface area contributed by atoms with Gasteiger partial charge in [-0.2, -0.15) is 0 Å². The fraction of sp³-hybridized carbons (Fsp3) is 0.231. The molecule has 1 saturated heterocycles. The van der Waals surface area contributed by atoms with Crippen molar-refractivity contribution >= 4 is 23.3 Å². The smallest absolute Gasteiger partial charge is 0.337 e. The second-order valence-corrected chi connectivity index (χ2v) is 7.58. The van der Waals surface area contributed by atoms with Crippen LogP contribution in [0.25, 0.3) is 0 Å². The molecule has 7 nitrogen and oxygen atoms in total. The lowest BCUT2D eigenvalue weighted by Gasteiger charge is -2.30. The SMILES string of the molecule is COC(=O)c1ccc(N2CCOCC2)c(NC(=O)c2cccc(OCc3ccccc3)c2)c1. The summed E-state index contributed by atoms with van der Waals surface area (Å²) in [6.45, 7) is 3.01. The highest BCUT2D eigenvalue weighted by atomic mass is 16.5. The van der Waals surface area contributed by atoms with E-state index in [1.165, 1.54) is 7.11 Å². The van der Waals surface area contributed by atoms with Gasteiger partial charge >= 0.3 is 5.97 Å². The molecule has 0 unspecified atom stereocenters. The normalized spacial score (nSPS) is 13.3. The molecule has 1 N–H and O–H groups in total. The molecule has 0 radical (unpaired) electrons. The lowest BCUT2D eigenvalue weighted by Crippen LogP contribution is -2.36. The lowest BCUT2D eigenvalue weighted by molar-refractivity contribution is 0.0600. The first-order valence-electron chi connectivity index (χ1n) is 10.8. The molecule has 3 aromatic carbocycles. The summed E-state index contributed by atoms with van der Waals surface area (Å²) in [5.41, 5.74) is 3.24. The van der Waals surface area contributed by atoms with Crippen molar-refractivity contribution < 1.29 is 23.8 Å². The number of nitrogens with zero attached hydrogens (tertiary/aromatic N) is 1. The first kappa shape index (κ1) is 22.4. The number of rotatable bonds is 7. The van der Waals surface area contributed by atoms with E-state index in [0.29, 0.717) is 55.5 Å². The fourth-order valence-electron chi connectivity index (χ4n) is 3.62. The standard InChI is InChI=1S/C26H26N2O5/c1-31-26(30)21-10-11-24(28-12-14-32-15-13-28)23(17-21)27-25(29)20-8-5-9-22(16-20)33-18-19-6-3-2-4-7-19/h2-11,16-17H,12-15,18H2,1H3,(H,27,29). The quantitative estimate of drug-likeness (QED) is 0.550. The van der Waals surface area contributed by atoms with Crippen molar-refractivity contribution in [1.82, 2.24) is 0 Å². The number of hydrogen-bond acceptors (Lipinski definition) is 6. The summed E-state index contributed by atoms with van der Waals surface area (Å²) in [7, 11) is 1.33. The molecule has 0 saturated carbocycles. The second-order valence-electron chi connectivity index (χ2n) is 7.58. The van der Waals surface area contributed by atoms with Crippen LogP contribution >= 0.6 is 0 Å². The van der Waals surface area contributed by atoms with E-state index in [1.807, 2.05) is 42.5 Å². The largest absolute Gasteiger partial charge is 0.489 e. The summed E-state index contributed by atoms with van der Waals surface area (Å²) in [5, 5.41) is 2.96. The summed E-state index contributed by atoms with van der Waals surface area (Å²) < 4.78 is 16.1. The third kappa shape index (κ3) is 5.70. The first-order valence-corrected chi connectivity index (χ1v) is 10.8. The molecular weight excluding hydrogens is 420 g/mol. The molecule has 0 spiro atoms. The number of methoxy groups -OCH3 is 1. The van der Waals surface area contributed by atoms with Crippen LogP contribution in [0, 0.1) is 0 Å². The Morgan fingerprint density at radius 2 is 1.73 bits per heavy atom. The molecule has 1 amide bonds. The number of morpholine rings is 1. The van der Waals surface area contributed by atoms with Gasteiger partial charge in [0.15, 0.2) is 0 Å². The second kappa shape index (κ2) is 10.7. The van der Waals surface area contributed by atoms with Crippen LogP contribution < -0.4 is 15.0 Å². The molecule has 1 heterocycles. The summed E-state index contributed by atoms with van der Waals surface area (Å²) in [6, 6.07) is 22.0. The van der Waals surface area contributed by atoms with Gasteiger partial charge in [-0.25, -0.2) is 4.79 Å². The van der Waals surface area contributed by atoms with Crippen LogP contribution in [0.4, 0.5) is 11.4 Å². The predicted octanol–water partition coefficient (Wildman–Crippen LogP) is 4.14. The molecule has 0 aliphatic carbocycles. The van der Waals surface area contributed by atoms with Crippen molar-refractivity contribution in [2.45, 2.75) is 6.61 Å². The minimum Gasteiger partial charge on any atom is -0.489 e. The number of esters is 1. The molecule has 170 valence electrons. The van der Waals surface area contributed by atoms with Gasteiger partial charge < -0.3 is 24.4 Å². The summed E-state index contributed by atoms with van der Waals surface area (Å²) in [5.74, 6) is -0.157. The van der Waals surface area contributed by atoms with E-state index in [9.17, 15) is 9.59 Å². The Balaban J connectivity index is 1.53. The molecule has 0 atom stereocenters. The van der Waals surface area contributed by atoms with Gasteiger partial charge in [-0.15, -0.1) is 0 Å². The number of amides is 1. The highest BCUT2D eigenvalue weighted by Gasteiger charge is 2.19. The van der Waals surface area contributed by atoms with Crippen LogP contribution in [-0.2, 0) is 16.1 Å². The number of carbonyl (C=O) groups is 2. The van der Waals surface area contributed by atoms with Crippen LogP contribution in [0.15, 0.2) is 72.8 Å². The molecule has 33 heavy (non-hydrogen) atoms. The van der Waals surface area contributed by atoms with E-state index in [4.69, 9.17) is 14.2 Å². The summed E-state index contributed by atoms with van der Waals surface area (Å²) in [4.78, 5) is 27.3. The van der Waals surface area contributed by atoms with Gasteiger partial charge in [0, 0.05) is 18.7 Å². The van der Waals surface area contributed by atoms with Crippen LogP contribution in [0.3, 0.4) is 0 Å². The number of carbonyl (C=O) groups excluding carboxylic acids is 2. The first-order chi connectivity index (χ1) is 16.1. The fourth-order valence-corrected chi connectivity index (χ4v) is 3.62. The monoisotopic (exact) mass is 446 g/mol. The molecule has 0 bridgehead atoms. The van der Waals surface area contributed by atoms with Crippen molar-refractivity contribution in [3.05, 3.63) is 89.5 Å². The van der Waals surface area contributed by atoms with E-state index in [-0.39, 0.29) is 5.91 Å². The minimum atomic E-state index is -0.463. The molecule has 7 heteroatoms. The molecule has 1 fully saturated rings. The Bertz CT molecular complexity index is 1110. The predicted molar refractivity (Wildman–Crippen MR) is 126 cm³/mol. The zero-order valence-electron chi connectivity index (χ0n) is 18.5. The van der Waals surface area contributed by atoms with E-state index in [0.717, 1.165) is 11.3 Å². The zero-order chi connectivity index (χ0) is 23.0. The number of anilines is 2. The third-order valence-corrected chi connectivity index (χ3v) is 5.36. The molecule has 4 rings (SSSR count). The number of ether oxygens (including phenoxy) is 3.